The molecule has 0 spiro atoms. The van der Waals surface area contributed by atoms with E-state index in [9.17, 15) is 10.2 Å². The van der Waals surface area contributed by atoms with Crippen LogP contribution in [0.1, 0.15) is 6.42 Å². The number of nitrogens with zero attached hydrogens (tertiary/aromatic N) is 2. The summed E-state index contributed by atoms with van der Waals surface area (Å²) in [7, 11) is 0. The number of aliphatic hydroxyl groups is 2. The van der Waals surface area contributed by atoms with Crippen LogP contribution in [-0.2, 0) is 6.54 Å². The molecule has 0 saturated carbocycles. The van der Waals surface area contributed by atoms with Crippen LogP contribution in [0.15, 0.2) is 48.5 Å². The first-order valence-electron chi connectivity index (χ1n) is 8.73. The predicted octanol–water partition coefficient (Wildman–Crippen LogP) is 2.47. The van der Waals surface area contributed by atoms with Gasteiger partial charge in [0.2, 0.25) is 0 Å². The molecule has 1 aliphatic rings. The van der Waals surface area contributed by atoms with Gasteiger partial charge in [-0.2, -0.15) is 0 Å². The first kappa shape index (κ1) is 15.6. The maximum atomic E-state index is 10.6. The Labute approximate surface area is 141 Å². The quantitative estimate of drug-likeness (QED) is 0.758. The van der Waals surface area contributed by atoms with E-state index < -0.39 is 6.10 Å². The highest BCUT2D eigenvalue weighted by Crippen LogP contribution is 2.29. The smallest absolute Gasteiger partial charge is 0.0845 e. The lowest BCUT2D eigenvalue weighted by Gasteiger charge is -2.21. The lowest BCUT2D eigenvalue weighted by molar-refractivity contribution is 0.107. The molecular formula is C20H24N2O2. The lowest BCUT2D eigenvalue weighted by atomic mass is 10.1. The average molecular weight is 324 g/mol. The second-order valence-electron chi connectivity index (χ2n) is 6.90. The number of likely N-dealkylation sites (tertiary alicyclic amines) is 1. The van der Waals surface area contributed by atoms with Crippen molar-refractivity contribution < 1.29 is 10.2 Å². The fourth-order valence-corrected chi connectivity index (χ4v) is 3.99. The third kappa shape index (κ3) is 2.81. The molecule has 0 amide bonds. The summed E-state index contributed by atoms with van der Waals surface area (Å²) >= 11 is 0. The largest absolute Gasteiger partial charge is 0.396 e. The normalized spacial score (nSPS) is 20.2. The van der Waals surface area contributed by atoms with Crippen LogP contribution < -0.4 is 0 Å². The van der Waals surface area contributed by atoms with Gasteiger partial charge in [-0.15, -0.1) is 0 Å². The minimum Gasteiger partial charge on any atom is -0.396 e. The van der Waals surface area contributed by atoms with Crippen molar-refractivity contribution in [3.8, 4) is 0 Å². The van der Waals surface area contributed by atoms with Gasteiger partial charge < -0.3 is 19.7 Å². The first-order chi connectivity index (χ1) is 11.8. The molecule has 2 atom stereocenters. The van der Waals surface area contributed by atoms with E-state index in [2.05, 4.69) is 58.0 Å². The van der Waals surface area contributed by atoms with Crippen LogP contribution in [-0.4, -0.2) is 52.0 Å². The van der Waals surface area contributed by atoms with E-state index in [1.807, 2.05) is 0 Å². The molecule has 126 valence electrons. The number of aromatic nitrogens is 1. The van der Waals surface area contributed by atoms with Crippen molar-refractivity contribution in [3.05, 3.63) is 48.5 Å². The van der Waals surface area contributed by atoms with Crippen molar-refractivity contribution in [1.82, 2.24) is 9.47 Å². The molecule has 0 bridgehead atoms. The van der Waals surface area contributed by atoms with Crippen molar-refractivity contribution in [2.24, 2.45) is 5.92 Å². The summed E-state index contributed by atoms with van der Waals surface area (Å²) in [5, 5.41) is 22.4. The fourth-order valence-electron chi connectivity index (χ4n) is 3.99. The van der Waals surface area contributed by atoms with Crippen LogP contribution in [0.3, 0.4) is 0 Å². The Hall–Kier alpha value is -1.88. The van der Waals surface area contributed by atoms with Gasteiger partial charge in [0.25, 0.3) is 0 Å². The summed E-state index contributed by atoms with van der Waals surface area (Å²) in [5.41, 5.74) is 2.35. The number of para-hydroxylation sites is 2. The molecule has 4 nitrogen and oxygen atoms in total. The second-order valence-corrected chi connectivity index (χ2v) is 6.90. The minimum atomic E-state index is -0.415. The summed E-state index contributed by atoms with van der Waals surface area (Å²) in [4.78, 5) is 2.26. The number of β-amino-alcohol motifs (C(OH)–C–C–N with tert-alkyl or cyclic N) is 1. The zero-order valence-corrected chi connectivity index (χ0v) is 13.8. The van der Waals surface area contributed by atoms with E-state index in [0.29, 0.717) is 19.0 Å². The third-order valence-corrected chi connectivity index (χ3v) is 5.17. The Morgan fingerprint density at radius 2 is 1.58 bits per heavy atom. The average Bonchev–Trinajstić information content (AvgIpc) is 3.19. The van der Waals surface area contributed by atoms with Crippen molar-refractivity contribution in [2.75, 3.05) is 26.2 Å². The maximum absolute atomic E-state index is 10.6. The second kappa shape index (κ2) is 6.55. The lowest BCUT2D eigenvalue weighted by Crippen LogP contribution is -2.33. The van der Waals surface area contributed by atoms with Gasteiger partial charge in [0.05, 0.1) is 12.6 Å². The Morgan fingerprint density at radius 3 is 2.17 bits per heavy atom. The van der Waals surface area contributed by atoms with E-state index in [1.54, 1.807) is 0 Å². The fraction of sp³-hybridized carbons (Fsp3) is 0.400. The summed E-state index contributed by atoms with van der Waals surface area (Å²) in [6.45, 7) is 3.36. The van der Waals surface area contributed by atoms with Gasteiger partial charge in [0, 0.05) is 41.5 Å². The van der Waals surface area contributed by atoms with Crippen molar-refractivity contribution in [1.29, 1.82) is 0 Å². The van der Waals surface area contributed by atoms with Gasteiger partial charge in [0.1, 0.15) is 0 Å². The van der Waals surface area contributed by atoms with Crippen LogP contribution >= 0.6 is 0 Å². The van der Waals surface area contributed by atoms with Gasteiger partial charge in [-0.3, -0.25) is 0 Å². The maximum Gasteiger partial charge on any atom is 0.0845 e. The van der Waals surface area contributed by atoms with Gasteiger partial charge in [-0.05, 0) is 31.0 Å². The summed E-state index contributed by atoms with van der Waals surface area (Å²) < 4.78 is 2.23. The highest BCUT2D eigenvalue weighted by Gasteiger charge is 2.24. The molecule has 4 heteroatoms. The molecule has 4 rings (SSSR count). The molecule has 2 aromatic carbocycles. The number of hydrogen-bond acceptors (Lipinski definition) is 3. The summed E-state index contributed by atoms with van der Waals surface area (Å²) in [6.07, 6.45) is 0.611. The monoisotopic (exact) mass is 324 g/mol. The standard InChI is InChI=1S/C20H24N2O2/c23-14-15-9-10-21(11-15)12-16(24)13-22-19-7-3-1-5-17(19)18-6-2-4-8-20(18)22/h1-8,15-16,23-24H,9-14H2/t15-,16-/m1/s1. The van der Waals surface area contributed by atoms with E-state index in [0.717, 1.165) is 19.5 Å². The molecular weight excluding hydrogens is 300 g/mol. The van der Waals surface area contributed by atoms with Gasteiger partial charge >= 0.3 is 0 Å². The van der Waals surface area contributed by atoms with Crippen LogP contribution in [0.2, 0.25) is 0 Å². The predicted molar refractivity (Wildman–Crippen MR) is 97.1 cm³/mol. The summed E-state index contributed by atoms with van der Waals surface area (Å²) in [6, 6.07) is 16.8. The first-order valence-corrected chi connectivity index (χ1v) is 8.73. The van der Waals surface area contributed by atoms with Gasteiger partial charge in [-0.25, -0.2) is 0 Å². The van der Waals surface area contributed by atoms with E-state index in [1.165, 1.54) is 21.8 Å². The van der Waals surface area contributed by atoms with Gasteiger partial charge in [0.15, 0.2) is 0 Å². The van der Waals surface area contributed by atoms with E-state index in [-0.39, 0.29) is 6.61 Å². The Bertz CT molecular complexity index is 789. The molecule has 0 radical (unpaired) electrons. The molecule has 0 aliphatic carbocycles. The summed E-state index contributed by atoms with van der Waals surface area (Å²) in [5.74, 6) is 0.366. The van der Waals surface area contributed by atoms with Crippen molar-refractivity contribution >= 4 is 21.8 Å². The molecule has 0 unspecified atom stereocenters. The third-order valence-electron chi connectivity index (χ3n) is 5.17. The molecule has 3 aromatic rings. The zero-order chi connectivity index (χ0) is 16.5. The number of aliphatic hydroxyl groups excluding tert-OH is 2. The van der Waals surface area contributed by atoms with Crippen LogP contribution in [0.25, 0.3) is 21.8 Å². The Balaban J connectivity index is 1.59. The number of hydrogen-bond donors (Lipinski definition) is 2. The van der Waals surface area contributed by atoms with Crippen LogP contribution in [0.5, 0.6) is 0 Å². The minimum absolute atomic E-state index is 0.249. The highest BCUT2D eigenvalue weighted by atomic mass is 16.3. The SMILES string of the molecule is OC[C@@H]1CCN(C[C@@H](O)Cn2c3ccccc3c3ccccc32)C1. The highest BCUT2D eigenvalue weighted by molar-refractivity contribution is 6.07. The van der Waals surface area contributed by atoms with Crippen LogP contribution in [0, 0.1) is 5.92 Å². The van der Waals surface area contributed by atoms with E-state index in [4.69, 9.17) is 0 Å². The number of benzene rings is 2. The van der Waals surface area contributed by atoms with Crippen LogP contribution in [0.4, 0.5) is 0 Å². The van der Waals surface area contributed by atoms with E-state index >= 15 is 0 Å². The molecule has 2 heterocycles. The number of fused-ring (bicyclic) bond motifs is 3. The Kier molecular flexibility index (Phi) is 4.27. The molecule has 1 aliphatic heterocycles. The molecule has 1 aromatic heterocycles. The van der Waals surface area contributed by atoms with Gasteiger partial charge in [-0.1, -0.05) is 36.4 Å². The molecule has 24 heavy (non-hydrogen) atoms. The molecule has 1 fully saturated rings. The Morgan fingerprint density at radius 1 is 0.958 bits per heavy atom. The van der Waals surface area contributed by atoms with Crippen molar-refractivity contribution in [2.45, 2.75) is 19.1 Å². The zero-order valence-electron chi connectivity index (χ0n) is 13.8. The van der Waals surface area contributed by atoms with Crippen molar-refractivity contribution in [3.63, 3.8) is 0 Å². The molecule has 1 saturated heterocycles. The molecule has 2 N–H and O–H groups in total. The number of rotatable bonds is 5. The topological polar surface area (TPSA) is 48.6 Å².